The molecule has 1 aliphatic heterocycles. The summed E-state index contributed by atoms with van der Waals surface area (Å²) < 4.78 is 5.30. The van der Waals surface area contributed by atoms with Gasteiger partial charge < -0.3 is 15.0 Å². The summed E-state index contributed by atoms with van der Waals surface area (Å²) in [6, 6.07) is 5.56. The van der Waals surface area contributed by atoms with Crippen LogP contribution < -0.4 is 10.1 Å². The molecular weight excluding hydrogens is 288 g/mol. The quantitative estimate of drug-likeness (QED) is 0.878. The van der Waals surface area contributed by atoms with Crippen molar-refractivity contribution in [1.82, 2.24) is 10.2 Å². The van der Waals surface area contributed by atoms with Gasteiger partial charge in [0.25, 0.3) is 5.91 Å². The number of benzene rings is 1. The summed E-state index contributed by atoms with van der Waals surface area (Å²) in [5.41, 5.74) is 0.577. The molecular formula is C16H23ClN2O2. The van der Waals surface area contributed by atoms with E-state index in [1.165, 1.54) is 6.42 Å². The number of methoxy groups -OCH3 is 1. The molecule has 0 saturated carbocycles. The minimum absolute atomic E-state index is 0.0130. The van der Waals surface area contributed by atoms with E-state index in [1.807, 2.05) is 4.90 Å². The van der Waals surface area contributed by atoms with E-state index in [2.05, 4.69) is 12.2 Å². The van der Waals surface area contributed by atoms with Gasteiger partial charge in [-0.2, -0.15) is 0 Å². The van der Waals surface area contributed by atoms with Crippen molar-refractivity contribution < 1.29 is 9.53 Å². The molecule has 0 aliphatic carbocycles. The molecule has 0 spiro atoms. The maximum Gasteiger partial charge on any atom is 0.257 e. The van der Waals surface area contributed by atoms with Gasteiger partial charge >= 0.3 is 0 Å². The van der Waals surface area contributed by atoms with Gasteiger partial charge in [0.15, 0.2) is 0 Å². The SMILES string of the molecule is CCCN(CC1CCCN1)C(=O)c1ccc(Cl)cc1OC. The van der Waals surface area contributed by atoms with Crippen LogP contribution in [-0.2, 0) is 0 Å². The molecule has 4 nitrogen and oxygen atoms in total. The fourth-order valence-electron chi connectivity index (χ4n) is 2.74. The van der Waals surface area contributed by atoms with Crippen LogP contribution >= 0.6 is 11.6 Å². The molecule has 0 aromatic heterocycles. The maximum absolute atomic E-state index is 12.8. The third-order valence-corrected chi connectivity index (χ3v) is 4.01. The van der Waals surface area contributed by atoms with Crippen LogP contribution in [0.3, 0.4) is 0 Å². The Labute approximate surface area is 131 Å². The average Bonchev–Trinajstić information content (AvgIpc) is 2.99. The topological polar surface area (TPSA) is 41.6 Å². The van der Waals surface area contributed by atoms with Crippen molar-refractivity contribution in [2.24, 2.45) is 0 Å². The first kappa shape index (κ1) is 16.1. The van der Waals surface area contributed by atoms with Gasteiger partial charge in [-0.15, -0.1) is 0 Å². The molecule has 2 rings (SSSR count). The van der Waals surface area contributed by atoms with Gasteiger partial charge in [0.05, 0.1) is 12.7 Å². The zero-order chi connectivity index (χ0) is 15.2. The van der Waals surface area contributed by atoms with Crippen molar-refractivity contribution in [3.05, 3.63) is 28.8 Å². The molecule has 1 amide bonds. The van der Waals surface area contributed by atoms with Crippen molar-refractivity contribution >= 4 is 17.5 Å². The van der Waals surface area contributed by atoms with E-state index in [4.69, 9.17) is 16.3 Å². The fourth-order valence-corrected chi connectivity index (χ4v) is 2.90. The van der Waals surface area contributed by atoms with Crippen molar-refractivity contribution in [2.45, 2.75) is 32.2 Å². The summed E-state index contributed by atoms with van der Waals surface area (Å²) in [5.74, 6) is 0.548. The highest BCUT2D eigenvalue weighted by Crippen LogP contribution is 2.25. The molecule has 21 heavy (non-hydrogen) atoms. The zero-order valence-corrected chi connectivity index (χ0v) is 13.4. The Morgan fingerprint density at radius 2 is 2.33 bits per heavy atom. The Hall–Kier alpha value is -1.26. The predicted octanol–water partition coefficient (Wildman–Crippen LogP) is 2.95. The van der Waals surface area contributed by atoms with Crippen molar-refractivity contribution in [3.8, 4) is 5.75 Å². The molecule has 116 valence electrons. The Bertz CT molecular complexity index is 487. The Kier molecular flexibility index (Phi) is 5.88. The summed E-state index contributed by atoms with van der Waals surface area (Å²) in [6.07, 6.45) is 3.25. The molecule has 1 fully saturated rings. The lowest BCUT2D eigenvalue weighted by atomic mass is 10.1. The Morgan fingerprint density at radius 3 is 2.95 bits per heavy atom. The molecule has 1 atom stereocenters. The highest BCUT2D eigenvalue weighted by Gasteiger charge is 2.23. The van der Waals surface area contributed by atoms with Crippen LogP contribution in [0, 0.1) is 0 Å². The monoisotopic (exact) mass is 310 g/mol. The smallest absolute Gasteiger partial charge is 0.257 e. The number of rotatable bonds is 6. The number of amides is 1. The van der Waals surface area contributed by atoms with Crippen LogP contribution in [0.4, 0.5) is 0 Å². The van der Waals surface area contributed by atoms with E-state index >= 15 is 0 Å². The van der Waals surface area contributed by atoms with Gasteiger partial charge in [-0.1, -0.05) is 18.5 Å². The number of hydrogen-bond acceptors (Lipinski definition) is 3. The maximum atomic E-state index is 12.8. The van der Waals surface area contributed by atoms with Crippen molar-refractivity contribution in [2.75, 3.05) is 26.7 Å². The molecule has 1 unspecified atom stereocenters. The lowest BCUT2D eigenvalue weighted by Gasteiger charge is -2.26. The third-order valence-electron chi connectivity index (χ3n) is 3.78. The first-order chi connectivity index (χ1) is 10.2. The summed E-state index contributed by atoms with van der Waals surface area (Å²) in [7, 11) is 1.56. The Balaban J connectivity index is 2.16. The number of ether oxygens (including phenoxy) is 1. The lowest BCUT2D eigenvalue weighted by Crippen LogP contribution is -2.41. The van der Waals surface area contributed by atoms with Crippen molar-refractivity contribution in [3.63, 3.8) is 0 Å². The first-order valence-electron chi connectivity index (χ1n) is 7.52. The second-order valence-electron chi connectivity index (χ2n) is 5.39. The van der Waals surface area contributed by atoms with Crippen LogP contribution in [0.5, 0.6) is 5.75 Å². The lowest BCUT2D eigenvalue weighted by molar-refractivity contribution is 0.0738. The number of nitrogens with one attached hydrogen (secondary N) is 1. The van der Waals surface area contributed by atoms with E-state index in [-0.39, 0.29) is 5.91 Å². The van der Waals surface area contributed by atoms with Crippen LogP contribution in [0.1, 0.15) is 36.5 Å². The van der Waals surface area contributed by atoms with Gasteiger partial charge in [0, 0.05) is 24.2 Å². The number of hydrogen-bond donors (Lipinski definition) is 1. The van der Waals surface area contributed by atoms with E-state index < -0.39 is 0 Å². The highest BCUT2D eigenvalue weighted by molar-refractivity contribution is 6.30. The fraction of sp³-hybridized carbons (Fsp3) is 0.562. The van der Waals surface area contributed by atoms with Crippen molar-refractivity contribution in [1.29, 1.82) is 0 Å². The van der Waals surface area contributed by atoms with Crippen LogP contribution in [0.2, 0.25) is 5.02 Å². The summed E-state index contributed by atoms with van der Waals surface area (Å²) in [6.45, 7) is 4.63. The van der Waals surface area contributed by atoms with Crippen LogP contribution in [-0.4, -0.2) is 43.6 Å². The van der Waals surface area contributed by atoms with Gasteiger partial charge in [0.2, 0.25) is 0 Å². The van der Waals surface area contributed by atoms with Crippen LogP contribution in [0.25, 0.3) is 0 Å². The number of carbonyl (C=O) groups is 1. The van der Waals surface area contributed by atoms with E-state index in [0.29, 0.717) is 22.4 Å². The van der Waals surface area contributed by atoms with Crippen LogP contribution in [0.15, 0.2) is 18.2 Å². The average molecular weight is 311 g/mol. The number of halogens is 1. The summed E-state index contributed by atoms with van der Waals surface area (Å²) in [5, 5.41) is 4.02. The number of nitrogens with zero attached hydrogens (tertiary/aromatic N) is 1. The highest BCUT2D eigenvalue weighted by atomic mass is 35.5. The molecule has 0 radical (unpaired) electrons. The van der Waals surface area contributed by atoms with E-state index in [0.717, 1.165) is 32.5 Å². The molecule has 5 heteroatoms. The minimum Gasteiger partial charge on any atom is -0.496 e. The molecule has 1 saturated heterocycles. The molecule has 1 N–H and O–H groups in total. The normalized spacial score (nSPS) is 17.8. The van der Waals surface area contributed by atoms with Gasteiger partial charge in [-0.25, -0.2) is 0 Å². The molecule has 1 aromatic carbocycles. The summed E-state index contributed by atoms with van der Waals surface area (Å²) >= 11 is 5.96. The van der Waals surface area contributed by atoms with E-state index in [9.17, 15) is 4.79 Å². The van der Waals surface area contributed by atoms with E-state index in [1.54, 1.807) is 25.3 Å². The molecule has 1 aliphatic rings. The molecule has 0 bridgehead atoms. The second kappa shape index (κ2) is 7.66. The number of carbonyl (C=O) groups excluding carboxylic acids is 1. The molecule has 1 heterocycles. The first-order valence-corrected chi connectivity index (χ1v) is 7.89. The Morgan fingerprint density at radius 1 is 1.52 bits per heavy atom. The standard InChI is InChI=1S/C16H23ClN2O2/c1-3-9-19(11-13-5-4-8-18-13)16(20)14-7-6-12(17)10-15(14)21-2/h6-7,10,13,18H,3-5,8-9,11H2,1-2H3. The predicted molar refractivity (Wildman–Crippen MR) is 85.2 cm³/mol. The summed E-state index contributed by atoms with van der Waals surface area (Å²) in [4.78, 5) is 14.7. The minimum atomic E-state index is 0.0130. The molecule has 1 aromatic rings. The largest absolute Gasteiger partial charge is 0.496 e. The van der Waals surface area contributed by atoms with Gasteiger partial charge in [-0.3, -0.25) is 4.79 Å². The van der Waals surface area contributed by atoms with Gasteiger partial charge in [0.1, 0.15) is 5.75 Å². The second-order valence-corrected chi connectivity index (χ2v) is 5.83. The van der Waals surface area contributed by atoms with Gasteiger partial charge in [-0.05, 0) is 44.0 Å². The third kappa shape index (κ3) is 4.11. The zero-order valence-electron chi connectivity index (χ0n) is 12.7.